The van der Waals surface area contributed by atoms with Gasteiger partial charge in [-0.05, 0) is 31.7 Å². The monoisotopic (exact) mass is 229 g/mol. The van der Waals surface area contributed by atoms with E-state index in [2.05, 4.69) is 4.90 Å². The molecule has 0 amide bonds. The summed E-state index contributed by atoms with van der Waals surface area (Å²) in [6, 6.07) is 0. The van der Waals surface area contributed by atoms with E-state index in [1.807, 2.05) is 0 Å². The van der Waals surface area contributed by atoms with E-state index in [0.29, 0.717) is 25.7 Å². The van der Waals surface area contributed by atoms with Crippen molar-refractivity contribution in [2.24, 2.45) is 11.8 Å². The van der Waals surface area contributed by atoms with Crippen LogP contribution in [-0.4, -0.2) is 60.7 Å². The van der Waals surface area contributed by atoms with Gasteiger partial charge < -0.3 is 19.8 Å². The van der Waals surface area contributed by atoms with Crippen LogP contribution < -0.4 is 0 Å². The number of aliphatic hydroxyl groups is 2. The molecule has 2 heterocycles. The van der Waals surface area contributed by atoms with Gasteiger partial charge in [0.1, 0.15) is 0 Å². The second-order valence-corrected chi connectivity index (χ2v) is 5.14. The summed E-state index contributed by atoms with van der Waals surface area (Å²) < 4.78 is 5.41. The molecule has 94 valence electrons. The number of aliphatic hydroxyl groups excluding tert-OH is 2. The van der Waals surface area contributed by atoms with Crippen LogP contribution in [0, 0.1) is 11.8 Å². The summed E-state index contributed by atoms with van der Waals surface area (Å²) in [5.74, 6) is 0.682. The molecule has 2 aliphatic heterocycles. The highest BCUT2D eigenvalue weighted by atomic mass is 16.5. The first-order chi connectivity index (χ1) is 7.79. The third-order valence-corrected chi connectivity index (χ3v) is 3.79. The lowest BCUT2D eigenvalue weighted by Crippen LogP contribution is -2.45. The number of nitrogens with zero attached hydrogens (tertiary/aromatic N) is 1. The summed E-state index contributed by atoms with van der Waals surface area (Å²) in [5.41, 5.74) is 0. The maximum atomic E-state index is 9.87. The quantitative estimate of drug-likeness (QED) is 0.720. The molecule has 3 atom stereocenters. The zero-order valence-corrected chi connectivity index (χ0v) is 9.85. The summed E-state index contributed by atoms with van der Waals surface area (Å²) in [7, 11) is 0. The van der Waals surface area contributed by atoms with Crippen LogP contribution >= 0.6 is 0 Å². The highest BCUT2D eigenvalue weighted by molar-refractivity contribution is 4.79. The van der Waals surface area contributed by atoms with Gasteiger partial charge in [0.15, 0.2) is 0 Å². The van der Waals surface area contributed by atoms with Crippen molar-refractivity contribution in [3.05, 3.63) is 0 Å². The van der Waals surface area contributed by atoms with Crippen LogP contribution in [-0.2, 0) is 4.74 Å². The van der Waals surface area contributed by atoms with Crippen LogP contribution in [0.2, 0.25) is 0 Å². The van der Waals surface area contributed by atoms with Gasteiger partial charge in [0.2, 0.25) is 0 Å². The van der Waals surface area contributed by atoms with Crippen LogP contribution in [0.1, 0.15) is 19.3 Å². The van der Waals surface area contributed by atoms with Crippen LogP contribution in [0.15, 0.2) is 0 Å². The van der Waals surface area contributed by atoms with Crippen molar-refractivity contribution >= 4 is 0 Å². The Bertz CT molecular complexity index is 212. The molecule has 4 heteroatoms. The number of hydrogen-bond acceptors (Lipinski definition) is 4. The van der Waals surface area contributed by atoms with E-state index in [-0.39, 0.29) is 12.0 Å². The average Bonchev–Trinajstić information content (AvgIpc) is 2.32. The molecule has 0 bridgehead atoms. The minimum Gasteiger partial charge on any atom is -0.396 e. The molecular weight excluding hydrogens is 206 g/mol. The van der Waals surface area contributed by atoms with Crippen LogP contribution in [0.25, 0.3) is 0 Å². The Hall–Kier alpha value is -0.160. The van der Waals surface area contributed by atoms with E-state index in [9.17, 15) is 5.11 Å². The largest absolute Gasteiger partial charge is 0.396 e. The number of piperidine rings is 1. The van der Waals surface area contributed by atoms with Gasteiger partial charge in [0, 0.05) is 32.2 Å². The Morgan fingerprint density at radius 2 is 2.19 bits per heavy atom. The van der Waals surface area contributed by atoms with Crippen molar-refractivity contribution < 1.29 is 14.9 Å². The van der Waals surface area contributed by atoms with Crippen molar-refractivity contribution in [3.8, 4) is 0 Å². The molecular formula is C12H23NO3. The van der Waals surface area contributed by atoms with E-state index in [1.54, 1.807) is 0 Å². The molecule has 0 aromatic rings. The zero-order chi connectivity index (χ0) is 11.4. The fraction of sp³-hybridized carbons (Fsp3) is 1.00. The second kappa shape index (κ2) is 5.96. The molecule has 2 aliphatic rings. The first-order valence-electron chi connectivity index (χ1n) is 6.38. The maximum Gasteiger partial charge on any atom is 0.0624 e. The predicted octanol–water partition coefficient (Wildman–Crippen LogP) is 0.0881. The molecule has 4 nitrogen and oxygen atoms in total. The third kappa shape index (κ3) is 3.17. The van der Waals surface area contributed by atoms with Crippen molar-refractivity contribution in [3.63, 3.8) is 0 Å². The Morgan fingerprint density at radius 1 is 1.31 bits per heavy atom. The smallest absolute Gasteiger partial charge is 0.0624 e. The molecule has 3 unspecified atom stereocenters. The fourth-order valence-corrected chi connectivity index (χ4v) is 2.76. The minimum atomic E-state index is -0.205. The van der Waals surface area contributed by atoms with E-state index in [4.69, 9.17) is 9.84 Å². The normalized spacial score (nSPS) is 37.5. The van der Waals surface area contributed by atoms with Gasteiger partial charge in [-0.25, -0.2) is 0 Å². The van der Waals surface area contributed by atoms with Gasteiger partial charge in [-0.2, -0.15) is 0 Å². The highest BCUT2D eigenvalue weighted by Crippen LogP contribution is 2.20. The van der Waals surface area contributed by atoms with Gasteiger partial charge in [-0.15, -0.1) is 0 Å². The van der Waals surface area contributed by atoms with Crippen molar-refractivity contribution in [1.82, 2.24) is 4.90 Å². The molecule has 0 aromatic heterocycles. The SMILES string of the molecule is OCC1CCCN(CC2COCCC2O)C1. The Morgan fingerprint density at radius 3 is 2.94 bits per heavy atom. The third-order valence-electron chi connectivity index (χ3n) is 3.79. The number of ether oxygens (including phenoxy) is 1. The fourth-order valence-electron chi connectivity index (χ4n) is 2.76. The van der Waals surface area contributed by atoms with Crippen molar-refractivity contribution in [1.29, 1.82) is 0 Å². The number of rotatable bonds is 3. The van der Waals surface area contributed by atoms with Gasteiger partial charge >= 0.3 is 0 Å². The lowest BCUT2D eigenvalue weighted by atomic mass is 9.94. The standard InChI is InChI=1S/C12H23NO3/c14-8-10-2-1-4-13(6-10)7-11-9-16-5-3-12(11)15/h10-12,14-15H,1-9H2. The average molecular weight is 229 g/mol. The molecule has 2 saturated heterocycles. The van der Waals surface area contributed by atoms with E-state index in [1.165, 1.54) is 0 Å². The molecule has 2 fully saturated rings. The second-order valence-electron chi connectivity index (χ2n) is 5.14. The van der Waals surface area contributed by atoms with Gasteiger partial charge in [-0.3, -0.25) is 0 Å². The molecule has 0 aromatic carbocycles. The van der Waals surface area contributed by atoms with Gasteiger partial charge in [-0.1, -0.05) is 0 Å². The molecule has 0 radical (unpaired) electrons. The van der Waals surface area contributed by atoms with Crippen molar-refractivity contribution in [2.75, 3.05) is 39.5 Å². The molecule has 2 N–H and O–H groups in total. The van der Waals surface area contributed by atoms with Crippen LogP contribution in [0.5, 0.6) is 0 Å². The molecule has 16 heavy (non-hydrogen) atoms. The summed E-state index contributed by atoms with van der Waals surface area (Å²) in [6.07, 6.45) is 2.86. The first kappa shape index (κ1) is 12.3. The highest BCUT2D eigenvalue weighted by Gasteiger charge is 2.28. The topological polar surface area (TPSA) is 52.9 Å². The summed E-state index contributed by atoms with van der Waals surface area (Å²) in [6.45, 7) is 4.65. The van der Waals surface area contributed by atoms with E-state index >= 15 is 0 Å². The van der Waals surface area contributed by atoms with Crippen molar-refractivity contribution in [2.45, 2.75) is 25.4 Å². The first-order valence-corrected chi connectivity index (χ1v) is 6.38. The van der Waals surface area contributed by atoms with E-state index < -0.39 is 0 Å². The predicted molar refractivity (Wildman–Crippen MR) is 61.2 cm³/mol. The molecule has 0 saturated carbocycles. The number of hydrogen-bond donors (Lipinski definition) is 2. The number of likely N-dealkylation sites (tertiary alicyclic amines) is 1. The maximum absolute atomic E-state index is 9.87. The zero-order valence-electron chi connectivity index (χ0n) is 9.85. The van der Waals surface area contributed by atoms with Gasteiger partial charge in [0.05, 0.1) is 12.7 Å². The lowest BCUT2D eigenvalue weighted by molar-refractivity contribution is -0.0508. The summed E-state index contributed by atoms with van der Waals surface area (Å²) in [5, 5.41) is 19.0. The summed E-state index contributed by atoms with van der Waals surface area (Å²) in [4.78, 5) is 2.37. The van der Waals surface area contributed by atoms with E-state index in [0.717, 1.165) is 38.9 Å². The Labute approximate surface area is 97.2 Å². The van der Waals surface area contributed by atoms with Crippen LogP contribution in [0.4, 0.5) is 0 Å². The minimum absolute atomic E-state index is 0.205. The van der Waals surface area contributed by atoms with Crippen LogP contribution in [0.3, 0.4) is 0 Å². The molecule has 0 spiro atoms. The molecule has 2 rings (SSSR count). The molecule has 0 aliphatic carbocycles. The van der Waals surface area contributed by atoms with Gasteiger partial charge in [0.25, 0.3) is 0 Å². The summed E-state index contributed by atoms with van der Waals surface area (Å²) >= 11 is 0. The Balaban J connectivity index is 1.79. The Kier molecular flexibility index (Phi) is 4.58. The lowest BCUT2D eigenvalue weighted by Gasteiger charge is -2.37.